The summed E-state index contributed by atoms with van der Waals surface area (Å²) < 4.78 is 0. The molecule has 1 N–H and O–H groups in total. The maximum atomic E-state index is 11.8. The van der Waals surface area contributed by atoms with E-state index < -0.39 is 0 Å². The summed E-state index contributed by atoms with van der Waals surface area (Å²) in [6.45, 7) is 6.00. The molecule has 0 bridgehead atoms. The number of terminal acetylenes is 1. The van der Waals surface area contributed by atoms with E-state index >= 15 is 0 Å². The summed E-state index contributed by atoms with van der Waals surface area (Å²) >= 11 is 0. The lowest BCUT2D eigenvalue weighted by atomic mass is 10.0. The van der Waals surface area contributed by atoms with E-state index in [0.717, 1.165) is 17.5 Å². The third-order valence-corrected chi connectivity index (χ3v) is 2.80. The number of nitrogens with one attached hydrogen (secondary N) is 1. The molecule has 0 radical (unpaired) electrons. The van der Waals surface area contributed by atoms with E-state index in [1.807, 2.05) is 39.0 Å². The standard InChI is InChI=1S/C15H19NO/c1-5-14(6-2)16-15(17)10-13-9-11(3)7-8-12(13)4/h1,7-9,14H,6,10H2,2-4H3,(H,16,17). The van der Waals surface area contributed by atoms with E-state index in [9.17, 15) is 4.79 Å². The first-order valence-corrected chi connectivity index (χ1v) is 5.88. The molecule has 1 unspecified atom stereocenters. The number of benzene rings is 1. The van der Waals surface area contributed by atoms with Gasteiger partial charge >= 0.3 is 0 Å². The first kappa shape index (κ1) is 13.3. The van der Waals surface area contributed by atoms with Crippen molar-refractivity contribution < 1.29 is 4.79 Å². The van der Waals surface area contributed by atoms with Gasteiger partial charge in [0.25, 0.3) is 0 Å². The van der Waals surface area contributed by atoms with E-state index in [-0.39, 0.29) is 11.9 Å². The molecule has 0 aliphatic rings. The van der Waals surface area contributed by atoms with Gasteiger partial charge < -0.3 is 5.32 Å². The highest BCUT2D eigenvalue weighted by Crippen LogP contribution is 2.11. The quantitative estimate of drug-likeness (QED) is 0.789. The molecule has 2 heteroatoms. The molecule has 17 heavy (non-hydrogen) atoms. The largest absolute Gasteiger partial charge is 0.342 e. The van der Waals surface area contributed by atoms with Crippen LogP contribution >= 0.6 is 0 Å². The third-order valence-electron chi connectivity index (χ3n) is 2.80. The number of carbonyl (C=O) groups is 1. The van der Waals surface area contributed by atoms with Gasteiger partial charge in [-0.05, 0) is 31.4 Å². The molecular formula is C15H19NO. The van der Waals surface area contributed by atoms with Crippen molar-refractivity contribution in [2.24, 2.45) is 0 Å². The Morgan fingerprint density at radius 3 is 2.76 bits per heavy atom. The number of aryl methyl sites for hydroxylation is 2. The van der Waals surface area contributed by atoms with Crippen molar-refractivity contribution in [2.75, 3.05) is 0 Å². The molecular weight excluding hydrogens is 210 g/mol. The normalized spacial score (nSPS) is 11.6. The number of amides is 1. The molecule has 0 spiro atoms. The fourth-order valence-electron chi connectivity index (χ4n) is 1.67. The fourth-order valence-corrected chi connectivity index (χ4v) is 1.67. The van der Waals surface area contributed by atoms with E-state index in [4.69, 9.17) is 6.42 Å². The summed E-state index contributed by atoms with van der Waals surface area (Å²) in [4.78, 5) is 11.8. The van der Waals surface area contributed by atoms with Gasteiger partial charge in [-0.3, -0.25) is 4.79 Å². The van der Waals surface area contributed by atoms with Crippen molar-refractivity contribution >= 4 is 5.91 Å². The van der Waals surface area contributed by atoms with Gasteiger partial charge in [-0.1, -0.05) is 36.6 Å². The molecule has 0 aliphatic heterocycles. The fraction of sp³-hybridized carbons (Fsp3) is 0.400. The molecule has 0 aliphatic carbocycles. The first-order valence-electron chi connectivity index (χ1n) is 5.88. The van der Waals surface area contributed by atoms with Crippen LogP contribution in [0.15, 0.2) is 18.2 Å². The number of carbonyl (C=O) groups excluding carboxylic acids is 1. The van der Waals surface area contributed by atoms with Crippen LogP contribution in [0.3, 0.4) is 0 Å². The SMILES string of the molecule is C#CC(CC)NC(=O)Cc1cc(C)ccc1C. The smallest absolute Gasteiger partial charge is 0.225 e. The molecule has 1 rings (SSSR count). The van der Waals surface area contributed by atoms with Gasteiger partial charge in [0.05, 0.1) is 12.5 Å². The number of rotatable bonds is 4. The van der Waals surface area contributed by atoms with Crippen LogP contribution in [-0.2, 0) is 11.2 Å². The predicted molar refractivity (Wildman–Crippen MR) is 70.7 cm³/mol. The lowest BCUT2D eigenvalue weighted by Crippen LogP contribution is -2.34. The van der Waals surface area contributed by atoms with Crippen LogP contribution in [0.2, 0.25) is 0 Å². The van der Waals surface area contributed by atoms with Crippen LogP contribution in [0.5, 0.6) is 0 Å². The summed E-state index contributed by atoms with van der Waals surface area (Å²) in [7, 11) is 0. The molecule has 0 fully saturated rings. The van der Waals surface area contributed by atoms with Crippen LogP contribution in [0.4, 0.5) is 0 Å². The zero-order valence-corrected chi connectivity index (χ0v) is 10.7. The van der Waals surface area contributed by atoms with Gasteiger partial charge in [-0.15, -0.1) is 6.42 Å². The Labute approximate surface area is 103 Å². The molecule has 2 nitrogen and oxygen atoms in total. The number of hydrogen-bond donors (Lipinski definition) is 1. The molecule has 1 amide bonds. The van der Waals surface area contributed by atoms with Crippen molar-refractivity contribution in [3.05, 3.63) is 34.9 Å². The van der Waals surface area contributed by atoms with Crippen molar-refractivity contribution in [1.29, 1.82) is 0 Å². The summed E-state index contributed by atoms with van der Waals surface area (Å²) in [5.41, 5.74) is 3.37. The molecule has 1 atom stereocenters. The van der Waals surface area contributed by atoms with Crippen molar-refractivity contribution in [3.8, 4) is 12.3 Å². The maximum Gasteiger partial charge on any atom is 0.225 e. The Balaban J connectivity index is 2.68. The second kappa shape index (κ2) is 6.10. The molecule has 0 heterocycles. The van der Waals surface area contributed by atoms with Gasteiger partial charge in [-0.2, -0.15) is 0 Å². The van der Waals surface area contributed by atoms with E-state index in [1.165, 1.54) is 5.56 Å². The lowest BCUT2D eigenvalue weighted by molar-refractivity contribution is -0.120. The van der Waals surface area contributed by atoms with Crippen molar-refractivity contribution in [2.45, 2.75) is 39.7 Å². The summed E-state index contributed by atoms with van der Waals surface area (Å²) in [5, 5.41) is 2.84. The predicted octanol–water partition coefficient (Wildman–Crippen LogP) is 2.37. The zero-order chi connectivity index (χ0) is 12.8. The van der Waals surface area contributed by atoms with Gasteiger partial charge in [0, 0.05) is 0 Å². The summed E-state index contributed by atoms with van der Waals surface area (Å²) in [5.74, 6) is 2.55. The highest BCUT2D eigenvalue weighted by molar-refractivity contribution is 5.79. The Hall–Kier alpha value is -1.75. The summed E-state index contributed by atoms with van der Waals surface area (Å²) in [6, 6.07) is 5.97. The van der Waals surface area contributed by atoms with Crippen LogP contribution in [-0.4, -0.2) is 11.9 Å². The van der Waals surface area contributed by atoms with E-state index in [2.05, 4.69) is 11.2 Å². The highest BCUT2D eigenvalue weighted by Gasteiger charge is 2.09. The van der Waals surface area contributed by atoms with E-state index in [0.29, 0.717) is 6.42 Å². The Bertz CT molecular complexity index is 443. The number of hydrogen-bond acceptors (Lipinski definition) is 1. The molecule has 0 saturated heterocycles. The maximum absolute atomic E-state index is 11.8. The van der Waals surface area contributed by atoms with Crippen LogP contribution < -0.4 is 5.32 Å². The zero-order valence-electron chi connectivity index (χ0n) is 10.7. The third kappa shape index (κ3) is 3.96. The average Bonchev–Trinajstić information content (AvgIpc) is 2.31. The van der Waals surface area contributed by atoms with Crippen molar-refractivity contribution in [1.82, 2.24) is 5.32 Å². The Kier molecular flexibility index (Phi) is 4.78. The minimum absolute atomic E-state index is 0.0106. The molecule has 0 aromatic heterocycles. The van der Waals surface area contributed by atoms with Crippen LogP contribution in [0.1, 0.15) is 30.0 Å². The Morgan fingerprint density at radius 1 is 1.47 bits per heavy atom. The topological polar surface area (TPSA) is 29.1 Å². The van der Waals surface area contributed by atoms with Crippen LogP contribution in [0, 0.1) is 26.2 Å². The molecule has 0 saturated carbocycles. The van der Waals surface area contributed by atoms with Crippen molar-refractivity contribution in [3.63, 3.8) is 0 Å². The second-order valence-corrected chi connectivity index (χ2v) is 4.30. The minimum Gasteiger partial charge on any atom is -0.342 e. The first-order chi connectivity index (χ1) is 8.06. The summed E-state index contributed by atoms with van der Waals surface area (Å²) in [6.07, 6.45) is 6.47. The van der Waals surface area contributed by atoms with Crippen LogP contribution in [0.25, 0.3) is 0 Å². The second-order valence-electron chi connectivity index (χ2n) is 4.30. The monoisotopic (exact) mass is 229 g/mol. The average molecular weight is 229 g/mol. The van der Waals surface area contributed by atoms with Gasteiger partial charge in [0.1, 0.15) is 0 Å². The lowest BCUT2D eigenvalue weighted by Gasteiger charge is -2.12. The molecule has 90 valence electrons. The highest BCUT2D eigenvalue weighted by atomic mass is 16.1. The van der Waals surface area contributed by atoms with Gasteiger partial charge in [0.2, 0.25) is 5.91 Å². The van der Waals surface area contributed by atoms with E-state index in [1.54, 1.807) is 0 Å². The Morgan fingerprint density at radius 2 is 2.18 bits per heavy atom. The molecule has 1 aromatic carbocycles. The molecule has 1 aromatic rings. The van der Waals surface area contributed by atoms with Gasteiger partial charge in [0.15, 0.2) is 0 Å². The van der Waals surface area contributed by atoms with Gasteiger partial charge in [-0.25, -0.2) is 0 Å². The minimum atomic E-state index is -0.160.